The third-order valence-electron chi connectivity index (χ3n) is 4.72. The number of rotatable bonds is 6. The van der Waals surface area contributed by atoms with Gasteiger partial charge in [-0.2, -0.15) is 0 Å². The Hall–Kier alpha value is -0.560. The second-order valence-electron chi connectivity index (χ2n) is 6.72. The highest BCUT2D eigenvalue weighted by atomic mass is 35.5. The highest BCUT2D eigenvalue weighted by Crippen LogP contribution is 2.21. The first-order chi connectivity index (χ1) is 10.3. The fourth-order valence-electron chi connectivity index (χ4n) is 2.98. The minimum atomic E-state index is -0.565. The molecule has 1 heterocycles. The van der Waals surface area contributed by atoms with Gasteiger partial charge in [-0.05, 0) is 24.8 Å². The van der Waals surface area contributed by atoms with Crippen molar-refractivity contribution in [3.8, 4) is 0 Å². The topological polar surface area (TPSA) is 78.7 Å². The maximum Gasteiger partial charge on any atom is 0.241 e. The van der Waals surface area contributed by atoms with Gasteiger partial charge in [0.1, 0.15) is 0 Å². The summed E-state index contributed by atoms with van der Waals surface area (Å²) in [5.41, 5.74) is 5.78. The molecule has 0 radical (unpaired) electrons. The fraction of sp³-hybridized carbons (Fsp3) is 0.875. The van der Waals surface area contributed by atoms with E-state index in [4.69, 9.17) is 5.73 Å². The van der Waals surface area contributed by atoms with Crippen LogP contribution in [-0.4, -0.2) is 66.9 Å². The molecule has 0 aromatic rings. The van der Waals surface area contributed by atoms with Crippen LogP contribution in [0.15, 0.2) is 0 Å². The molecule has 1 rings (SSSR count). The average Bonchev–Trinajstić information content (AvgIpc) is 2.50. The number of hydrogen-bond acceptors (Lipinski definition) is 4. The molecule has 8 heteroatoms. The number of halogens is 2. The van der Waals surface area contributed by atoms with E-state index in [1.165, 1.54) is 0 Å². The predicted molar refractivity (Wildman–Crippen MR) is 103 cm³/mol. The van der Waals surface area contributed by atoms with E-state index in [1.807, 2.05) is 20.9 Å². The zero-order chi connectivity index (χ0) is 16.9. The maximum atomic E-state index is 12.3. The first kappa shape index (κ1) is 25.7. The number of likely N-dealkylation sites (tertiary alicyclic amines) is 1. The second-order valence-corrected chi connectivity index (χ2v) is 6.72. The first-order valence-corrected chi connectivity index (χ1v) is 8.29. The molecule has 1 aliphatic rings. The van der Waals surface area contributed by atoms with Gasteiger partial charge in [-0.25, -0.2) is 0 Å². The van der Waals surface area contributed by atoms with Crippen LogP contribution >= 0.6 is 24.8 Å². The summed E-state index contributed by atoms with van der Waals surface area (Å²) in [5.74, 6) is 0.194. The molecule has 1 aliphatic heterocycles. The fourth-order valence-corrected chi connectivity index (χ4v) is 2.98. The monoisotopic (exact) mass is 384 g/mol. The van der Waals surface area contributed by atoms with E-state index in [2.05, 4.69) is 24.1 Å². The summed E-state index contributed by atoms with van der Waals surface area (Å²) >= 11 is 0. The van der Waals surface area contributed by atoms with Crippen LogP contribution in [0.1, 0.15) is 34.1 Å². The highest BCUT2D eigenvalue weighted by molar-refractivity contribution is 5.87. The largest absolute Gasteiger partial charge is 0.346 e. The molecular formula is C16H34Cl2N4O2. The normalized spacial score (nSPS) is 22.1. The van der Waals surface area contributed by atoms with E-state index < -0.39 is 6.04 Å². The molecule has 0 aromatic carbocycles. The van der Waals surface area contributed by atoms with Crippen molar-refractivity contribution in [2.24, 2.45) is 17.6 Å². The van der Waals surface area contributed by atoms with Gasteiger partial charge in [0, 0.05) is 26.2 Å². The number of hydrogen-bond donors (Lipinski definition) is 2. The lowest BCUT2D eigenvalue weighted by atomic mass is 9.92. The van der Waals surface area contributed by atoms with Gasteiger partial charge < -0.3 is 20.9 Å². The molecule has 3 N–H and O–H groups in total. The second kappa shape index (κ2) is 11.9. The number of amides is 2. The van der Waals surface area contributed by atoms with Crippen LogP contribution in [0.5, 0.6) is 0 Å². The lowest BCUT2D eigenvalue weighted by Gasteiger charge is -2.41. The van der Waals surface area contributed by atoms with E-state index in [-0.39, 0.29) is 55.1 Å². The van der Waals surface area contributed by atoms with Gasteiger partial charge in [0.15, 0.2) is 0 Å². The van der Waals surface area contributed by atoms with E-state index >= 15 is 0 Å². The molecule has 0 bridgehead atoms. The zero-order valence-corrected chi connectivity index (χ0v) is 17.1. The third kappa shape index (κ3) is 7.13. The zero-order valence-electron chi connectivity index (χ0n) is 15.4. The van der Waals surface area contributed by atoms with E-state index in [0.717, 1.165) is 26.1 Å². The molecule has 0 spiro atoms. The molecular weight excluding hydrogens is 351 g/mol. The van der Waals surface area contributed by atoms with Gasteiger partial charge in [-0.1, -0.05) is 27.7 Å². The van der Waals surface area contributed by atoms with Crippen molar-refractivity contribution in [3.63, 3.8) is 0 Å². The molecule has 1 saturated heterocycles. The van der Waals surface area contributed by atoms with Crippen molar-refractivity contribution in [2.45, 2.75) is 46.2 Å². The Morgan fingerprint density at radius 1 is 1.33 bits per heavy atom. The van der Waals surface area contributed by atoms with Gasteiger partial charge >= 0.3 is 0 Å². The molecule has 6 nitrogen and oxygen atoms in total. The minimum Gasteiger partial charge on any atom is -0.346 e. The van der Waals surface area contributed by atoms with Crippen LogP contribution in [0, 0.1) is 11.8 Å². The van der Waals surface area contributed by atoms with E-state index in [0.29, 0.717) is 5.92 Å². The molecule has 3 atom stereocenters. The number of nitrogens with zero attached hydrogens (tertiary/aromatic N) is 2. The number of nitrogens with one attached hydrogen (secondary N) is 1. The summed E-state index contributed by atoms with van der Waals surface area (Å²) in [6.07, 6.45) is 0.983. The standard InChI is InChI=1S/C16H32N4O2.2ClH/c1-6-20-8-7-13(12(4)10-20)19(5)14(21)9-18-16(22)15(17)11(2)3;;/h11-13,15H,6-10,17H2,1-5H3,(H,18,22);2*1H/t12?,13?,15-;;/m0../s1. The van der Waals surface area contributed by atoms with Crippen molar-refractivity contribution in [2.75, 3.05) is 33.2 Å². The van der Waals surface area contributed by atoms with Crippen LogP contribution in [-0.2, 0) is 9.59 Å². The van der Waals surface area contributed by atoms with Gasteiger partial charge in [0.2, 0.25) is 11.8 Å². The Kier molecular flexibility index (Phi) is 12.7. The molecule has 2 amide bonds. The van der Waals surface area contributed by atoms with E-state index in [1.54, 1.807) is 4.90 Å². The van der Waals surface area contributed by atoms with Gasteiger partial charge in [-0.3, -0.25) is 9.59 Å². The molecule has 24 heavy (non-hydrogen) atoms. The summed E-state index contributed by atoms with van der Waals surface area (Å²) in [6.45, 7) is 11.2. The predicted octanol–water partition coefficient (Wildman–Crippen LogP) is 1.12. The maximum absolute atomic E-state index is 12.3. The van der Waals surface area contributed by atoms with Crippen LogP contribution in [0.2, 0.25) is 0 Å². The Balaban J connectivity index is 0. The molecule has 2 unspecified atom stereocenters. The summed E-state index contributed by atoms with van der Waals surface area (Å²) < 4.78 is 0. The summed E-state index contributed by atoms with van der Waals surface area (Å²) in [4.78, 5) is 28.3. The minimum absolute atomic E-state index is 0. The summed E-state index contributed by atoms with van der Waals surface area (Å²) in [7, 11) is 1.83. The van der Waals surface area contributed by atoms with Crippen molar-refractivity contribution in [1.82, 2.24) is 15.1 Å². The molecule has 144 valence electrons. The van der Waals surface area contributed by atoms with Gasteiger partial charge in [-0.15, -0.1) is 24.8 Å². The van der Waals surface area contributed by atoms with Gasteiger partial charge in [0.25, 0.3) is 0 Å². The highest BCUT2D eigenvalue weighted by Gasteiger charge is 2.30. The number of nitrogens with two attached hydrogens (primary N) is 1. The number of likely N-dealkylation sites (N-methyl/N-ethyl adjacent to an activating group) is 1. The summed E-state index contributed by atoms with van der Waals surface area (Å²) in [5, 5.41) is 2.65. The smallest absolute Gasteiger partial charge is 0.241 e. The average molecular weight is 385 g/mol. The molecule has 0 saturated carbocycles. The summed E-state index contributed by atoms with van der Waals surface area (Å²) in [6, 6.07) is -0.323. The van der Waals surface area contributed by atoms with Crippen molar-refractivity contribution >= 4 is 36.6 Å². The van der Waals surface area contributed by atoms with Crippen LogP contribution in [0.4, 0.5) is 0 Å². The lowest BCUT2D eigenvalue weighted by molar-refractivity contribution is -0.135. The van der Waals surface area contributed by atoms with Crippen LogP contribution < -0.4 is 11.1 Å². The number of carbonyl (C=O) groups excluding carboxylic acids is 2. The van der Waals surface area contributed by atoms with Crippen molar-refractivity contribution in [1.29, 1.82) is 0 Å². The molecule has 1 fully saturated rings. The number of piperidine rings is 1. The number of carbonyl (C=O) groups is 2. The Morgan fingerprint density at radius 3 is 2.38 bits per heavy atom. The van der Waals surface area contributed by atoms with Gasteiger partial charge in [0.05, 0.1) is 12.6 Å². The Labute approximate surface area is 158 Å². The van der Waals surface area contributed by atoms with E-state index in [9.17, 15) is 9.59 Å². The lowest BCUT2D eigenvalue weighted by Crippen LogP contribution is -2.53. The first-order valence-electron chi connectivity index (χ1n) is 8.29. The Morgan fingerprint density at radius 2 is 1.92 bits per heavy atom. The molecule has 0 aromatic heterocycles. The molecule has 0 aliphatic carbocycles. The van der Waals surface area contributed by atoms with Crippen LogP contribution in [0.3, 0.4) is 0 Å². The third-order valence-corrected chi connectivity index (χ3v) is 4.72. The SMILES string of the molecule is CCN1CCC(N(C)C(=O)CNC(=O)[C@@H](N)C(C)C)C(C)C1.Cl.Cl. The Bertz CT molecular complexity index is 396. The van der Waals surface area contributed by atoms with Crippen LogP contribution in [0.25, 0.3) is 0 Å². The van der Waals surface area contributed by atoms with Crippen molar-refractivity contribution in [3.05, 3.63) is 0 Å². The quantitative estimate of drug-likeness (QED) is 0.718. The van der Waals surface area contributed by atoms with Crippen molar-refractivity contribution < 1.29 is 9.59 Å².